The van der Waals surface area contributed by atoms with Crippen molar-refractivity contribution in [3.8, 4) is 0 Å². The fourth-order valence-electron chi connectivity index (χ4n) is 3.94. The predicted octanol–water partition coefficient (Wildman–Crippen LogP) is 4.20. The van der Waals surface area contributed by atoms with E-state index < -0.39 is 17.5 Å². The predicted molar refractivity (Wildman–Crippen MR) is 132 cm³/mol. The van der Waals surface area contributed by atoms with Gasteiger partial charge in [-0.2, -0.15) is 5.90 Å². The maximum atomic E-state index is 15.0. The fraction of sp³-hybridized carbons (Fsp3) is 0.385. The summed E-state index contributed by atoms with van der Waals surface area (Å²) in [5.74, 6) is 4.71. The van der Waals surface area contributed by atoms with Crippen LogP contribution in [0.4, 0.5) is 10.1 Å². The van der Waals surface area contributed by atoms with Crippen LogP contribution in [0.3, 0.4) is 0 Å². The average Bonchev–Trinajstić information content (AvgIpc) is 2.77. The van der Waals surface area contributed by atoms with E-state index in [0.717, 1.165) is 5.56 Å². The Hall–Kier alpha value is -3.23. The van der Waals surface area contributed by atoms with Crippen LogP contribution >= 0.6 is 0 Å². The van der Waals surface area contributed by atoms with Crippen molar-refractivity contribution >= 4 is 17.6 Å². The smallest absolute Gasteiger partial charge is 0.328 e. The molecule has 2 N–H and O–H groups in total. The minimum Gasteiger partial charge on any atom is -0.459 e. The molecule has 1 unspecified atom stereocenters. The summed E-state index contributed by atoms with van der Waals surface area (Å²) in [6, 6.07) is 13.9. The maximum absolute atomic E-state index is 15.0. The first kappa shape index (κ1) is 25.4. The highest BCUT2D eigenvalue weighted by molar-refractivity contribution is 5.95. The summed E-state index contributed by atoms with van der Waals surface area (Å²) in [5.41, 5.74) is 1.70. The van der Waals surface area contributed by atoms with Gasteiger partial charge in [0.05, 0.1) is 5.69 Å². The van der Waals surface area contributed by atoms with E-state index >= 15 is 4.39 Å². The molecule has 182 valence electrons. The Balaban J connectivity index is 1.76. The van der Waals surface area contributed by atoms with Gasteiger partial charge in [-0.3, -0.25) is 4.90 Å². The number of carbonyl (C=O) groups excluding carboxylic acids is 1. The van der Waals surface area contributed by atoms with E-state index in [9.17, 15) is 4.79 Å². The maximum Gasteiger partial charge on any atom is 0.328 e. The first-order valence-electron chi connectivity index (χ1n) is 11.3. The zero-order valence-electron chi connectivity index (χ0n) is 20.3. The highest BCUT2D eigenvalue weighted by Crippen LogP contribution is 2.28. The molecule has 7 nitrogen and oxygen atoms in total. The van der Waals surface area contributed by atoms with Crippen molar-refractivity contribution in [1.29, 1.82) is 0 Å². The van der Waals surface area contributed by atoms with E-state index in [1.165, 1.54) is 6.07 Å². The first-order chi connectivity index (χ1) is 16.1. The van der Waals surface area contributed by atoms with Gasteiger partial charge in [0.1, 0.15) is 17.5 Å². The molecular weight excluding hydrogens is 435 g/mol. The molecular formula is C26H33FN4O3. The summed E-state index contributed by atoms with van der Waals surface area (Å²) in [4.78, 5) is 26.0. The number of piperazine rings is 1. The van der Waals surface area contributed by atoms with Crippen molar-refractivity contribution in [2.45, 2.75) is 39.3 Å². The fourth-order valence-corrected chi connectivity index (χ4v) is 3.94. The van der Waals surface area contributed by atoms with Crippen LogP contribution in [0.15, 0.2) is 65.8 Å². The third-order valence-corrected chi connectivity index (χ3v) is 5.36. The van der Waals surface area contributed by atoms with Gasteiger partial charge in [-0.1, -0.05) is 36.9 Å². The summed E-state index contributed by atoms with van der Waals surface area (Å²) in [6.45, 7) is 13.2. The molecule has 0 bridgehead atoms. The Morgan fingerprint density at radius 2 is 1.76 bits per heavy atom. The Bertz CT molecular complexity index is 1040. The van der Waals surface area contributed by atoms with Crippen LogP contribution in [-0.2, 0) is 14.4 Å². The molecule has 0 aromatic heterocycles. The van der Waals surface area contributed by atoms with E-state index in [1.54, 1.807) is 19.1 Å². The minimum atomic E-state index is -0.587. The molecule has 1 saturated heterocycles. The van der Waals surface area contributed by atoms with Crippen LogP contribution in [0, 0.1) is 5.82 Å². The largest absolute Gasteiger partial charge is 0.459 e. The van der Waals surface area contributed by atoms with E-state index in [-0.39, 0.29) is 11.9 Å². The van der Waals surface area contributed by atoms with E-state index in [4.69, 9.17) is 15.5 Å². The van der Waals surface area contributed by atoms with Gasteiger partial charge in [-0.25, -0.2) is 14.2 Å². The van der Waals surface area contributed by atoms with E-state index in [0.29, 0.717) is 43.1 Å². The molecule has 3 rings (SSSR count). The summed E-state index contributed by atoms with van der Waals surface area (Å²) < 4.78 is 20.7. The normalized spacial score (nSPS) is 16.2. The third kappa shape index (κ3) is 6.42. The topological polar surface area (TPSA) is 80.4 Å². The molecule has 34 heavy (non-hydrogen) atoms. The van der Waals surface area contributed by atoms with Gasteiger partial charge in [0, 0.05) is 37.4 Å². The molecule has 0 spiro atoms. The van der Waals surface area contributed by atoms with Crippen LogP contribution in [0.2, 0.25) is 0 Å². The zero-order valence-corrected chi connectivity index (χ0v) is 20.3. The number of anilines is 1. The molecule has 2 aromatic rings. The van der Waals surface area contributed by atoms with Gasteiger partial charge < -0.3 is 14.5 Å². The number of nitrogens with two attached hydrogens (primary N) is 1. The summed E-state index contributed by atoms with van der Waals surface area (Å²) >= 11 is 0. The Morgan fingerprint density at radius 1 is 1.12 bits per heavy atom. The van der Waals surface area contributed by atoms with Crippen molar-refractivity contribution < 1.29 is 18.8 Å². The third-order valence-electron chi connectivity index (χ3n) is 5.36. The first-order valence-corrected chi connectivity index (χ1v) is 11.3. The lowest BCUT2D eigenvalue weighted by Crippen LogP contribution is -2.50. The van der Waals surface area contributed by atoms with Gasteiger partial charge in [0.2, 0.25) is 5.90 Å². The molecule has 8 heteroatoms. The Morgan fingerprint density at radius 3 is 2.29 bits per heavy atom. The number of carbonyl (C=O) groups is 1. The van der Waals surface area contributed by atoms with Crippen molar-refractivity contribution in [2.24, 2.45) is 10.9 Å². The molecule has 0 radical (unpaired) electrons. The highest BCUT2D eigenvalue weighted by atomic mass is 19.1. The Labute approximate surface area is 200 Å². The summed E-state index contributed by atoms with van der Waals surface area (Å²) in [7, 11) is 0. The van der Waals surface area contributed by atoms with Crippen molar-refractivity contribution in [2.75, 3.05) is 31.1 Å². The van der Waals surface area contributed by atoms with Crippen LogP contribution in [0.1, 0.15) is 44.9 Å². The molecule has 0 aliphatic carbocycles. The number of rotatable bonds is 6. The molecule has 0 saturated carbocycles. The second-order valence-corrected chi connectivity index (χ2v) is 9.31. The second-order valence-electron chi connectivity index (χ2n) is 9.31. The highest BCUT2D eigenvalue weighted by Gasteiger charge is 2.34. The van der Waals surface area contributed by atoms with Gasteiger partial charge in [-0.05, 0) is 51.5 Å². The van der Waals surface area contributed by atoms with Gasteiger partial charge in [0.15, 0.2) is 0 Å². The lowest BCUT2D eigenvalue weighted by molar-refractivity contribution is -0.162. The SMILES string of the molecule is C=C(C)N=C(ON)c1ccc(N2CCN(C(C(=O)OC(C)(C)C)c3ccccc3)CC2)c(F)c1. The van der Waals surface area contributed by atoms with Crippen LogP contribution in [-0.4, -0.2) is 48.5 Å². The Kier molecular flexibility index (Phi) is 8.06. The van der Waals surface area contributed by atoms with Crippen LogP contribution in [0.25, 0.3) is 0 Å². The van der Waals surface area contributed by atoms with Gasteiger partial charge in [0.25, 0.3) is 0 Å². The summed E-state index contributed by atoms with van der Waals surface area (Å²) in [5, 5.41) is 0. The molecule has 0 amide bonds. The number of benzene rings is 2. The number of esters is 1. The number of allylic oxidation sites excluding steroid dienone is 1. The van der Waals surface area contributed by atoms with Gasteiger partial charge >= 0.3 is 5.97 Å². The number of hydrogen-bond acceptors (Lipinski definition) is 7. The number of ether oxygens (including phenoxy) is 1. The van der Waals surface area contributed by atoms with Crippen LogP contribution < -0.4 is 10.8 Å². The molecule has 1 aliphatic heterocycles. The van der Waals surface area contributed by atoms with Crippen molar-refractivity contribution in [3.63, 3.8) is 0 Å². The monoisotopic (exact) mass is 468 g/mol. The average molecular weight is 469 g/mol. The number of halogens is 1. The molecule has 1 fully saturated rings. The lowest BCUT2D eigenvalue weighted by Gasteiger charge is -2.40. The molecule has 2 aromatic carbocycles. The summed E-state index contributed by atoms with van der Waals surface area (Å²) in [6.07, 6.45) is 0. The standard InChI is InChI=1S/C26H33FN4O3/c1-18(2)29-24(34-28)20-11-12-22(21(27)17-20)30-13-15-31(16-14-30)23(19-9-7-6-8-10-19)25(32)33-26(3,4)5/h6-12,17,23H,1,13-16,28H2,2-5H3. The minimum absolute atomic E-state index is 0.103. The number of nitrogens with zero attached hydrogens (tertiary/aromatic N) is 3. The van der Waals surface area contributed by atoms with E-state index in [1.807, 2.05) is 56.0 Å². The molecule has 1 aliphatic rings. The van der Waals surface area contributed by atoms with Crippen molar-refractivity contribution in [1.82, 2.24) is 4.90 Å². The lowest BCUT2D eigenvalue weighted by atomic mass is 10.0. The molecule has 1 heterocycles. The van der Waals surface area contributed by atoms with Gasteiger partial charge in [-0.15, -0.1) is 0 Å². The van der Waals surface area contributed by atoms with Crippen LogP contribution in [0.5, 0.6) is 0 Å². The number of aliphatic imine (C=N–C) groups is 1. The quantitative estimate of drug-likeness (QED) is 0.296. The van der Waals surface area contributed by atoms with Crippen molar-refractivity contribution in [3.05, 3.63) is 77.8 Å². The second kappa shape index (κ2) is 10.8. The molecule has 1 atom stereocenters. The number of hydrogen-bond donors (Lipinski definition) is 1. The zero-order chi connectivity index (χ0) is 24.9. The van der Waals surface area contributed by atoms with E-state index in [2.05, 4.69) is 16.5 Å².